The fraction of sp³-hybridized carbons (Fsp3) is 0.391. The average molecular weight is 907 g/mol. The molecule has 1 unspecified atom stereocenters. The lowest BCUT2D eigenvalue weighted by molar-refractivity contribution is -0.146. The van der Waals surface area contributed by atoms with Crippen molar-refractivity contribution in [2.24, 2.45) is 5.41 Å². The van der Waals surface area contributed by atoms with E-state index in [2.05, 4.69) is 45.4 Å². The first-order valence-corrected chi connectivity index (χ1v) is 23.0. The molecule has 0 radical (unpaired) electrons. The van der Waals surface area contributed by atoms with Crippen molar-refractivity contribution in [1.29, 1.82) is 0 Å². The highest BCUT2D eigenvalue weighted by molar-refractivity contribution is 7.13. The number of benzene rings is 2. The van der Waals surface area contributed by atoms with Crippen LogP contribution in [-0.2, 0) is 32.1 Å². The second kappa shape index (κ2) is 16.4. The number of thiazole rings is 1. The summed E-state index contributed by atoms with van der Waals surface area (Å²) < 4.78 is 35.1. The van der Waals surface area contributed by atoms with E-state index in [4.69, 9.17) is 4.98 Å². The summed E-state index contributed by atoms with van der Waals surface area (Å²) in [7, 11) is 0. The summed E-state index contributed by atoms with van der Waals surface area (Å²) in [6.45, 7) is 5.49. The standard InChI is InChI=1S/C46H46F2N12O4S.3H2/c47-33-18-30(52-34-8-10-37(61)53-43(34)63)5-7-31(33)27-11-15-56(16-12-27)21-38(62)59-24-46(25-59)22-58(23-46)36-9-4-28(19-50-36)32-6-3-29-20-60(55-40(29)39(32)48)42(44(64)54-45-49-13-17-65-45)41-35-2-1-14-57(35)26-51-41;;;/h3-7,9,13,17-20,26-27,34,42,52H,1-2,8,10-12,14-16,21-25H2,(H,49,54,64)(H,53,61,63);3*1H/t34-,42?;;;/m0.../s1. The van der Waals surface area contributed by atoms with Gasteiger partial charge in [0.1, 0.15) is 23.2 Å². The summed E-state index contributed by atoms with van der Waals surface area (Å²) in [4.78, 5) is 70.4. The van der Waals surface area contributed by atoms with Gasteiger partial charge in [-0.25, -0.2) is 23.7 Å². The molecule has 65 heavy (non-hydrogen) atoms. The first-order chi connectivity index (χ1) is 31.6. The van der Waals surface area contributed by atoms with Crippen molar-refractivity contribution in [1.82, 2.24) is 44.4 Å². The normalized spacial score (nSPS) is 20.1. The Kier molecular flexibility index (Phi) is 10.4. The van der Waals surface area contributed by atoms with E-state index in [0.717, 1.165) is 56.8 Å². The van der Waals surface area contributed by atoms with Gasteiger partial charge in [0, 0.05) is 101 Å². The second-order valence-electron chi connectivity index (χ2n) is 18.0. The van der Waals surface area contributed by atoms with Gasteiger partial charge in [-0.1, -0.05) is 18.2 Å². The van der Waals surface area contributed by atoms with Crippen molar-refractivity contribution >= 4 is 62.5 Å². The second-order valence-corrected chi connectivity index (χ2v) is 18.9. The highest BCUT2D eigenvalue weighted by Gasteiger charge is 2.53. The van der Waals surface area contributed by atoms with Gasteiger partial charge >= 0.3 is 0 Å². The number of fused-ring (bicyclic) bond motifs is 2. The van der Waals surface area contributed by atoms with Gasteiger partial charge < -0.3 is 19.7 Å². The van der Waals surface area contributed by atoms with Crippen LogP contribution in [-0.4, -0.2) is 115 Å². The van der Waals surface area contributed by atoms with Gasteiger partial charge in [-0.15, -0.1) is 11.3 Å². The van der Waals surface area contributed by atoms with Gasteiger partial charge in [-0.3, -0.25) is 39.4 Å². The number of amides is 4. The van der Waals surface area contributed by atoms with Crippen LogP contribution >= 0.6 is 11.3 Å². The van der Waals surface area contributed by atoms with Gasteiger partial charge in [0.2, 0.25) is 17.7 Å². The molecule has 3 N–H and O–H groups in total. The topological polar surface area (TPSA) is 176 Å². The predicted octanol–water partition coefficient (Wildman–Crippen LogP) is 5.69. The van der Waals surface area contributed by atoms with E-state index >= 15 is 8.78 Å². The molecule has 6 aromatic rings. The van der Waals surface area contributed by atoms with Gasteiger partial charge in [0.25, 0.3) is 5.91 Å². The summed E-state index contributed by atoms with van der Waals surface area (Å²) in [5.74, 6) is -0.942. The lowest BCUT2D eigenvalue weighted by Crippen LogP contribution is -2.73. The van der Waals surface area contributed by atoms with Crippen LogP contribution in [0.3, 0.4) is 0 Å². The number of aryl methyl sites for hydroxylation is 1. The number of hydrogen-bond donors (Lipinski definition) is 3. The van der Waals surface area contributed by atoms with Crippen molar-refractivity contribution in [2.75, 3.05) is 61.3 Å². The Balaban J connectivity index is 0.00000208. The lowest BCUT2D eigenvalue weighted by Gasteiger charge is -2.60. The number of imide groups is 1. The highest BCUT2D eigenvalue weighted by Crippen LogP contribution is 2.42. The number of imidazole rings is 1. The van der Waals surface area contributed by atoms with Crippen LogP contribution < -0.4 is 20.9 Å². The molecule has 4 saturated heterocycles. The van der Waals surface area contributed by atoms with Crippen LogP contribution in [0, 0.1) is 17.0 Å². The summed E-state index contributed by atoms with van der Waals surface area (Å²) in [6, 6.07) is 10.8. The Bertz CT molecular complexity index is 2840. The zero-order valence-corrected chi connectivity index (χ0v) is 36.2. The van der Waals surface area contributed by atoms with E-state index < -0.39 is 23.8 Å². The number of halogens is 2. The third-order valence-electron chi connectivity index (χ3n) is 13.7. The monoisotopic (exact) mass is 906 g/mol. The number of hydrogen-bond acceptors (Lipinski definition) is 12. The van der Waals surface area contributed by atoms with Crippen molar-refractivity contribution in [3.8, 4) is 11.1 Å². The van der Waals surface area contributed by atoms with E-state index in [1.165, 1.54) is 22.1 Å². The average Bonchev–Trinajstić information content (AvgIpc) is 4.10. The maximum absolute atomic E-state index is 16.3. The number of anilines is 3. The van der Waals surface area contributed by atoms with E-state index in [9.17, 15) is 19.2 Å². The largest absolute Gasteiger partial charge is 0.374 e. The van der Waals surface area contributed by atoms with Crippen LogP contribution in [0.2, 0.25) is 0 Å². The van der Waals surface area contributed by atoms with Crippen molar-refractivity contribution in [3.63, 3.8) is 0 Å². The van der Waals surface area contributed by atoms with Crippen LogP contribution in [0.1, 0.15) is 65.3 Å². The quantitative estimate of drug-likeness (QED) is 0.136. The molecule has 9 heterocycles. The molecule has 340 valence electrons. The third kappa shape index (κ3) is 7.79. The number of pyridine rings is 1. The van der Waals surface area contributed by atoms with Crippen molar-refractivity contribution in [2.45, 2.75) is 63.1 Å². The summed E-state index contributed by atoms with van der Waals surface area (Å²) in [5, 5.41) is 15.7. The van der Waals surface area contributed by atoms with Crippen LogP contribution in [0.15, 0.2) is 72.8 Å². The molecule has 19 heteroatoms. The van der Waals surface area contributed by atoms with Gasteiger partial charge in [-0.2, -0.15) is 5.10 Å². The maximum Gasteiger partial charge on any atom is 0.257 e. The zero-order chi connectivity index (χ0) is 44.4. The number of carbonyl (C=O) groups is 4. The first kappa shape index (κ1) is 41.1. The molecule has 0 saturated carbocycles. The lowest BCUT2D eigenvalue weighted by atomic mass is 9.72. The van der Waals surface area contributed by atoms with Gasteiger partial charge in [0.15, 0.2) is 17.0 Å². The Labute approximate surface area is 380 Å². The number of nitrogens with one attached hydrogen (secondary N) is 3. The molecule has 5 aliphatic heterocycles. The SMILES string of the molecule is O=C1CC[C@H](Nc2ccc(C3CCN(CC(=O)N4CC5(C4)CN(c4ccc(-c6ccc7cn(C(C(=O)Nc8nccs8)c8ncn9c8CCC9)nc7c6F)cn4)C5)CC3)c(F)c2)C(=O)N1.[HH].[HH].[HH]. The molecular formula is C46H52F2N12O4S. The molecule has 5 aliphatic rings. The number of nitrogens with zero attached hydrogens (tertiary/aromatic N) is 9. The Morgan fingerprint density at radius 1 is 0.969 bits per heavy atom. The maximum atomic E-state index is 16.3. The highest BCUT2D eigenvalue weighted by atomic mass is 32.1. The summed E-state index contributed by atoms with van der Waals surface area (Å²) in [6.07, 6.45) is 10.6. The number of likely N-dealkylation sites (tertiary alicyclic amines) is 2. The molecule has 0 aliphatic carbocycles. The van der Waals surface area contributed by atoms with E-state index in [-0.39, 0.29) is 51.1 Å². The van der Waals surface area contributed by atoms with E-state index in [1.54, 1.807) is 54.6 Å². The molecule has 2 aromatic carbocycles. The Hall–Kier alpha value is -6.60. The van der Waals surface area contributed by atoms with Crippen LogP contribution in [0.25, 0.3) is 22.0 Å². The molecule has 4 fully saturated rings. The van der Waals surface area contributed by atoms with Crippen LogP contribution in [0.4, 0.5) is 25.4 Å². The Morgan fingerprint density at radius 2 is 1.82 bits per heavy atom. The molecule has 1 spiro atoms. The van der Waals surface area contributed by atoms with Gasteiger partial charge in [0.05, 0.1) is 18.6 Å². The number of carbonyl (C=O) groups excluding carboxylic acids is 4. The Morgan fingerprint density at radius 3 is 2.57 bits per heavy atom. The minimum Gasteiger partial charge on any atom is -0.374 e. The van der Waals surface area contributed by atoms with Gasteiger partial charge in [-0.05, 0) is 80.9 Å². The van der Waals surface area contributed by atoms with Crippen molar-refractivity contribution in [3.05, 3.63) is 101 Å². The van der Waals surface area contributed by atoms with Crippen molar-refractivity contribution < 1.29 is 32.2 Å². The van der Waals surface area contributed by atoms with E-state index in [0.29, 0.717) is 77.7 Å². The summed E-state index contributed by atoms with van der Waals surface area (Å²) in [5.41, 5.74) is 3.85. The zero-order valence-electron chi connectivity index (χ0n) is 35.4. The molecule has 16 nitrogen and oxygen atoms in total. The first-order valence-electron chi connectivity index (χ1n) is 22.1. The minimum absolute atomic E-state index is 0. The number of rotatable bonds is 11. The molecule has 11 rings (SSSR count). The molecular weight excluding hydrogens is 855 g/mol. The van der Waals surface area contributed by atoms with Crippen LogP contribution in [0.5, 0.6) is 0 Å². The summed E-state index contributed by atoms with van der Waals surface area (Å²) >= 11 is 1.31. The third-order valence-corrected chi connectivity index (χ3v) is 14.4. The predicted molar refractivity (Wildman–Crippen MR) is 245 cm³/mol. The number of piperidine rings is 2. The molecule has 0 bridgehead atoms. The smallest absolute Gasteiger partial charge is 0.257 e. The fourth-order valence-electron chi connectivity index (χ4n) is 10.3. The molecule has 4 amide bonds. The number of aromatic nitrogens is 6. The fourth-order valence-corrected chi connectivity index (χ4v) is 10.8. The van der Waals surface area contributed by atoms with E-state index in [1.807, 2.05) is 17.0 Å². The minimum atomic E-state index is -0.918. The molecule has 4 aromatic heterocycles. The molecule has 2 atom stereocenters.